The molecular formula is C12H13ClN4OS. The van der Waals surface area contributed by atoms with Gasteiger partial charge < -0.3 is 9.88 Å². The summed E-state index contributed by atoms with van der Waals surface area (Å²) < 4.78 is 2.22. The standard InChI is InChI=1S/C12H13ClN4OS/c13-8-5-9-11(14-6-8)17(12(19)15-9)7-10(18)16-3-1-2-4-16/h5-6H,1-4,7H2,(H,15,19). The number of aromatic nitrogens is 3. The summed E-state index contributed by atoms with van der Waals surface area (Å²) in [7, 11) is 0. The van der Waals surface area contributed by atoms with Crippen molar-refractivity contribution >= 4 is 40.9 Å². The van der Waals surface area contributed by atoms with Crippen LogP contribution in [0.15, 0.2) is 12.3 Å². The average Bonchev–Trinajstić information content (AvgIpc) is 2.98. The Hall–Kier alpha value is -1.40. The Balaban J connectivity index is 1.94. The van der Waals surface area contributed by atoms with Crippen LogP contribution in [-0.2, 0) is 11.3 Å². The molecule has 0 radical (unpaired) electrons. The van der Waals surface area contributed by atoms with Crippen molar-refractivity contribution in [3.05, 3.63) is 22.1 Å². The number of H-pyrrole nitrogens is 1. The Bertz CT molecular complexity index is 687. The lowest BCUT2D eigenvalue weighted by molar-refractivity contribution is -0.130. The number of imidazole rings is 1. The van der Waals surface area contributed by atoms with Crippen molar-refractivity contribution in [1.82, 2.24) is 19.4 Å². The summed E-state index contributed by atoms with van der Waals surface area (Å²) in [6, 6.07) is 1.76. The Labute approximate surface area is 120 Å². The number of amides is 1. The van der Waals surface area contributed by atoms with E-state index in [0.717, 1.165) is 31.4 Å². The highest BCUT2D eigenvalue weighted by Gasteiger charge is 2.19. The van der Waals surface area contributed by atoms with Gasteiger partial charge in [-0.1, -0.05) is 11.6 Å². The summed E-state index contributed by atoms with van der Waals surface area (Å²) in [6.45, 7) is 1.91. The average molecular weight is 297 g/mol. The van der Waals surface area contributed by atoms with E-state index >= 15 is 0 Å². The van der Waals surface area contributed by atoms with E-state index < -0.39 is 0 Å². The number of pyridine rings is 1. The van der Waals surface area contributed by atoms with E-state index in [9.17, 15) is 4.79 Å². The van der Waals surface area contributed by atoms with Crippen LogP contribution in [0.1, 0.15) is 12.8 Å². The van der Waals surface area contributed by atoms with E-state index in [1.165, 1.54) is 0 Å². The van der Waals surface area contributed by atoms with Crippen LogP contribution in [0.5, 0.6) is 0 Å². The second-order valence-electron chi connectivity index (χ2n) is 4.63. The summed E-state index contributed by atoms with van der Waals surface area (Å²) in [5.74, 6) is 0.0891. The maximum atomic E-state index is 12.2. The quantitative estimate of drug-likeness (QED) is 0.866. The summed E-state index contributed by atoms with van der Waals surface area (Å²) in [4.78, 5) is 21.3. The molecule has 1 N–H and O–H groups in total. The van der Waals surface area contributed by atoms with Crippen molar-refractivity contribution in [3.63, 3.8) is 0 Å². The fourth-order valence-corrected chi connectivity index (χ4v) is 2.79. The normalized spacial score (nSPS) is 15.3. The third-order valence-corrected chi connectivity index (χ3v) is 3.86. The van der Waals surface area contributed by atoms with Crippen LogP contribution in [0.25, 0.3) is 11.2 Å². The van der Waals surface area contributed by atoms with E-state index in [2.05, 4.69) is 9.97 Å². The van der Waals surface area contributed by atoms with E-state index in [4.69, 9.17) is 23.8 Å². The Morgan fingerprint density at radius 2 is 2.21 bits per heavy atom. The molecule has 0 unspecified atom stereocenters. The predicted molar refractivity (Wildman–Crippen MR) is 75.7 cm³/mol. The van der Waals surface area contributed by atoms with Gasteiger partial charge in [-0.05, 0) is 31.1 Å². The first kappa shape index (κ1) is 12.6. The van der Waals surface area contributed by atoms with Crippen LogP contribution in [0.3, 0.4) is 0 Å². The van der Waals surface area contributed by atoms with E-state index in [1.807, 2.05) is 4.90 Å². The van der Waals surface area contributed by atoms with Gasteiger partial charge in [0.2, 0.25) is 5.91 Å². The molecule has 0 aliphatic carbocycles. The molecule has 2 aromatic heterocycles. The van der Waals surface area contributed by atoms with Crippen LogP contribution in [0.2, 0.25) is 5.02 Å². The number of hydrogen-bond acceptors (Lipinski definition) is 3. The molecule has 100 valence electrons. The first-order valence-electron chi connectivity index (χ1n) is 6.17. The molecule has 1 aliphatic rings. The van der Waals surface area contributed by atoms with Crippen molar-refractivity contribution in [2.24, 2.45) is 0 Å². The summed E-state index contributed by atoms with van der Waals surface area (Å²) in [5.41, 5.74) is 1.42. The molecule has 1 aliphatic heterocycles. The van der Waals surface area contributed by atoms with Crippen LogP contribution in [0.4, 0.5) is 0 Å². The van der Waals surface area contributed by atoms with Crippen molar-refractivity contribution in [1.29, 1.82) is 0 Å². The van der Waals surface area contributed by atoms with Crippen molar-refractivity contribution in [2.45, 2.75) is 19.4 Å². The third kappa shape index (κ3) is 2.37. The van der Waals surface area contributed by atoms with Crippen molar-refractivity contribution in [3.8, 4) is 0 Å². The molecule has 2 aromatic rings. The minimum atomic E-state index is 0.0891. The van der Waals surface area contributed by atoms with Gasteiger partial charge in [-0.15, -0.1) is 0 Å². The van der Waals surface area contributed by atoms with Gasteiger partial charge in [-0.25, -0.2) is 4.98 Å². The number of aromatic amines is 1. The van der Waals surface area contributed by atoms with Crippen LogP contribution < -0.4 is 0 Å². The SMILES string of the molecule is O=C(Cn1c(=S)[nH]c2cc(Cl)cnc21)N1CCCC1. The molecule has 0 aromatic carbocycles. The van der Waals surface area contributed by atoms with Gasteiger partial charge in [0.1, 0.15) is 6.54 Å². The number of carbonyl (C=O) groups is 1. The second-order valence-corrected chi connectivity index (χ2v) is 5.45. The molecule has 1 saturated heterocycles. The van der Waals surface area contributed by atoms with Gasteiger partial charge in [0.15, 0.2) is 10.4 Å². The third-order valence-electron chi connectivity index (χ3n) is 3.33. The first-order chi connectivity index (χ1) is 9.15. The molecule has 3 rings (SSSR count). The Kier molecular flexibility index (Phi) is 3.28. The van der Waals surface area contributed by atoms with Crippen LogP contribution in [-0.4, -0.2) is 38.4 Å². The van der Waals surface area contributed by atoms with Crippen LogP contribution in [0, 0.1) is 4.77 Å². The number of carbonyl (C=O) groups excluding carboxylic acids is 1. The zero-order valence-electron chi connectivity index (χ0n) is 10.2. The molecule has 7 heteroatoms. The van der Waals surface area contributed by atoms with Gasteiger partial charge in [0.25, 0.3) is 0 Å². The largest absolute Gasteiger partial charge is 0.341 e. The number of hydrogen-bond donors (Lipinski definition) is 1. The number of rotatable bonds is 2. The number of fused-ring (bicyclic) bond motifs is 1. The molecule has 1 fully saturated rings. The smallest absolute Gasteiger partial charge is 0.242 e. The number of nitrogens with zero attached hydrogens (tertiary/aromatic N) is 3. The molecule has 0 atom stereocenters. The molecule has 0 spiro atoms. The van der Waals surface area contributed by atoms with Gasteiger partial charge in [0.05, 0.1) is 10.5 Å². The van der Waals surface area contributed by atoms with Gasteiger partial charge in [0, 0.05) is 19.3 Å². The fraction of sp³-hybridized carbons (Fsp3) is 0.417. The highest BCUT2D eigenvalue weighted by atomic mass is 35.5. The van der Waals surface area contributed by atoms with E-state index in [0.29, 0.717) is 15.4 Å². The van der Waals surface area contributed by atoms with Crippen LogP contribution >= 0.6 is 23.8 Å². The molecule has 19 heavy (non-hydrogen) atoms. The summed E-state index contributed by atoms with van der Waals surface area (Å²) >= 11 is 11.1. The van der Waals surface area contributed by atoms with Crippen molar-refractivity contribution < 1.29 is 4.79 Å². The predicted octanol–water partition coefficient (Wildman–Crippen LogP) is 2.37. The second kappa shape index (κ2) is 4.94. The Morgan fingerprint density at radius 1 is 1.47 bits per heavy atom. The summed E-state index contributed by atoms with van der Waals surface area (Å²) in [5, 5.41) is 0.543. The fourth-order valence-electron chi connectivity index (χ4n) is 2.37. The van der Waals surface area contributed by atoms with Gasteiger partial charge >= 0.3 is 0 Å². The van der Waals surface area contributed by atoms with Gasteiger partial charge in [-0.3, -0.25) is 9.36 Å². The maximum absolute atomic E-state index is 12.2. The number of halogens is 1. The zero-order valence-corrected chi connectivity index (χ0v) is 11.8. The lowest BCUT2D eigenvalue weighted by atomic mass is 10.4. The number of nitrogens with one attached hydrogen (secondary N) is 1. The summed E-state index contributed by atoms with van der Waals surface area (Å²) in [6.07, 6.45) is 3.72. The number of likely N-dealkylation sites (tertiary alicyclic amines) is 1. The van der Waals surface area contributed by atoms with E-state index in [-0.39, 0.29) is 12.5 Å². The minimum absolute atomic E-state index is 0.0891. The lowest BCUT2D eigenvalue weighted by Gasteiger charge is -2.15. The lowest BCUT2D eigenvalue weighted by Crippen LogP contribution is -2.31. The topological polar surface area (TPSA) is 53.9 Å². The maximum Gasteiger partial charge on any atom is 0.242 e. The van der Waals surface area contributed by atoms with Crippen molar-refractivity contribution in [2.75, 3.05) is 13.1 Å². The molecule has 1 amide bonds. The minimum Gasteiger partial charge on any atom is -0.341 e. The molecule has 0 bridgehead atoms. The zero-order chi connectivity index (χ0) is 13.4. The monoisotopic (exact) mass is 296 g/mol. The first-order valence-corrected chi connectivity index (χ1v) is 6.95. The molecular weight excluding hydrogens is 284 g/mol. The highest BCUT2D eigenvalue weighted by Crippen LogP contribution is 2.17. The molecule has 3 heterocycles. The Morgan fingerprint density at radius 3 is 2.95 bits per heavy atom. The highest BCUT2D eigenvalue weighted by molar-refractivity contribution is 7.71. The van der Waals surface area contributed by atoms with E-state index in [1.54, 1.807) is 16.8 Å². The van der Waals surface area contributed by atoms with Gasteiger partial charge in [-0.2, -0.15) is 0 Å². The molecule has 0 saturated carbocycles. The molecule has 5 nitrogen and oxygen atoms in total.